The third-order valence-corrected chi connectivity index (χ3v) is 4.25. The van der Waals surface area contributed by atoms with Crippen molar-refractivity contribution in [2.45, 2.75) is 33.1 Å². The van der Waals surface area contributed by atoms with Crippen molar-refractivity contribution < 1.29 is 4.74 Å². The van der Waals surface area contributed by atoms with Gasteiger partial charge in [-0.05, 0) is 49.3 Å². The number of likely N-dealkylation sites (tertiary alicyclic amines) is 1. The Morgan fingerprint density at radius 3 is 2.68 bits per heavy atom. The van der Waals surface area contributed by atoms with E-state index in [1.807, 2.05) is 0 Å². The fourth-order valence-electron chi connectivity index (χ4n) is 2.66. The first-order valence-corrected chi connectivity index (χ1v) is 7.78. The highest BCUT2D eigenvalue weighted by Gasteiger charge is 2.16. The number of ether oxygens (including phenoxy) is 1. The van der Waals surface area contributed by atoms with Crippen molar-refractivity contribution >= 4 is 29.9 Å². The number of hydrogen-bond donors (Lipinski definition) is 1. The molecule has 4 nitrogen and oxygen atoms in total. The molecule has 0 spiro atoms. The van der Waals surface area contributed by atoms with Crippen LogP contribution in [-0.2, 0) is 6.42 Å². The summed E-state index contributed by atoms with van der Waals surface area (Å²) < 4.78 is 5.35. The third kappa shape index (κ3) is 5.34. The van der Waals surface area contributed by atoms with Crippen molar-refractivity contribution in [3.63, 3.8) is 0 Å². The van der Waals surface area contributed by atoms with E-state index in [0.717, 1.165) is 43.3 Å². The number of rotatable bonds is 4. The summed E-state index contributed by atoms with van der Waals surface area (Å²) in [6.45, 7) is 7.15. The van der Waals surface area contributed by atoms with Gasteiger partial charge in [0.25, 0.3) is 0 Å². The van der Waals surface area contributed by atoms with Crippen molar-refractivity contribution in [3.8, 4) is 5.75 Å². The molecule has 0 aromatic heterocycles. The lowest BCUT2D eigenvalue weighted by atomic mass is 10.00. The highest BCUT2D eigenvalue weighted by atomic mass is 127. The zero-order valence-corrected chi connectivity index (χ0v) is 16.2. The predicted octanol–water partition coefficient (Wildman–Crippen LogP) is 3.21. The number of hydrogen-bond acceptors (Lipinski definition) is 2. The number of benzene rings is 1. The average molecular weight is 417 g/mol. The van der Waals surface area contributed by atoms with Crippen LogP contribution in [0.3, 0.4) is 0 Å². The summed E-state index contributed by atoms with van der Waals surface area (Å²) in [5.74, 6) is 2.45. The number of piperidine rings is 1. The van der Waals surface area contributed by atoms with E-state index in [0.29, 0.717) is 5.96 Å². The molecule has 0 amide bonds. The van der Waals surface area contributed by atoms with Crippen LogP contribution in [-0.4, -0.2) is 37.6 Å². The van der Waals surface area contributed by atoms with Crippen LogP contribution in [0.25, 0.3) is 0 Å². The van der Waals surface area contributed by atoms with Gasteiger partial charge in [-0.15, -0.1) is 24.0 Å². The topological polar surface area (TPSA) is 50.9 Å². The lowest BCUT2D eigenvalue weighted by Crippen LogP contribution is -2.42. The molecule has 5 heteroatoms. The van der Waals surface area contributed by atoms with E-state index in [4.69, 9.17) is 10.5 Å². The minimum Gasteiger partial charge on any atom is -0.496 e. The average Bonchev–Trinajstić information content (AvgIpc) is 2.49. The number of halogens is 1. The molecule has 1 aromatic carbocycles. The first kappa shape index (κ1) is 19.1. The zero-order chi connectivity index (χ0) is 15.2. The Bertz CT molecular complexity index is 497. The largest absolute Gasteiger partial charge is 0.496 e. The van der Waals surface area contributed by atoms with Gasteiger partial charge in [0.15, 0.2) is 5.96 Å². The first-order chi connectivity index (χ1) is 10.1. The Hall–Kier alpha value is -0.980. The zero-order valence-electron chi connectivity index (χ0n) is 13.8. The number of nitrogens with zero attached hydrogens (tertiary/aromatic N) is 2. The van der Waals surface area contributed by atoms with Crippen LogP contribution >= 0.6 is 24.0 Å². The molecule has 22 heavy (non-hydrogen) atoms. The summed E-state index contributed by atoms with van der Waals surface area (Å²) in [6, 6.07) is 6.31. The molecule has 0 aliphatic carbocycles. The minimum absolute atomic E-state index is 0. The minimum atomic E-state index is 0. The molecule has 0 saturated carbocycles. The molecule has 0 unspecified atom stereocenters. The summed E-state index contributed by atoms with van der Waals surface area (Å²) >= 11 is 0. The van der Waals surface area contributed by atoms with Crippen LogP contribution < -0.4 is 10.5 Å². The molecular weight excluding hydrogens is 389 g/mol. The maximum absolute atomic E-state index is 6.09. The number of aryl methyl sites for hydroxylation is 1. The standard InChI is InChI=1S/C17H27N3O.HI/c1-13-7-10-20(11-8-13)17(18)19-9-6-15-5-4-14(2)16(12-15)21-3;/h4-5,12-13H,6-11H2,1-3H3,(H2,18,19);1H. The molecule has 1 heterocycles. The molecule has 0 bridgehead atoms. The van der Waals surface area contributed by atoms with Crippen LogP contribution in [0.4, 0.5) is 0 Å². The number of nitrogens with two attached hydrogens (primary N) is 1. The van der Waals surface area contributed by atoms with Gasteiger partial charge in [-0.3, -0.25) is 4.99 Å². The molecule has 0 radical (unpaired) electrons. The number of methoxy groups -OCH3 is 1. The van der Waals surface area contributed by atoms with Crippen molar-refractivity contribution in [1.29, 1.82) is 0 Å². The van der Waals surface area contributed by atoms with Gasteiger partial charge in [-0.1, -0.05) is 19.1 Å². The molecule has 0 atom stereocenters. The van der Waals surface area contributed by atoms with E-state index in [1.165, 1.54) is 18.4 Å². The second-order valence-corrected chi connectivity index (χ2v) is 5.96. The van der Waals surface area contributed by atoms with Crippen molar-refractivity contribution in [2.75, 3.05) is 26.7 Å². The highest BCUT2D eigenvalue weighted by Crippen LogP contribution is 2.19. The lowest BCUT2D eigenvalue weighted by Gasteiger charge is -2.31. The summed E-state index contributed by atoms with van der Waals surface area (Å²) in [7, 11) is 1.71. The van der Waals surface area contributed by atoms with Gasteiger partial charge >= 0.3 is 0 Å². The van der Waals surface area contributed by atoms with E-state index in [-0.39, 0.29) is 24.0 Å². The Labute approximate surface area is 151 Å². The monoisotopic (exact) mass is 417 g/mol. The third-order valence-electron chi connectivity index (χ3n) is 4.25. The van der Waals surface area contributed by atoms with Crippen LogP contribution in [0.5, 0.6) is 5.75 Å². The quantitative estimate of drug-likeness (QED) is 0.465. The van der Waals surface area contributed by atoms with Gasteiger partial charge in [0.1, 0.15) is 5.75 Å². The van der Waals surface area contributed by atoms with Crippen LogP contribution in [0.1, 0.15) is 30.9 Å². The molecule has 1 aromatic rings. The number of aliphatic imine (C=N–C) groups is 1. The summed E-state index contributed by atoms with van der Waals surface area (Å²) in [5.41, 5.74) is 8.49. The summed E-state index contributed by atoms with van der Waals surface area (Å²) in [6.07, 6.45) is 3.32. The fourth-order valence-corrected chi connectivity index (χ4v) is 2.66. The maximum Gasteiger partial charge on any atom is 0.191 e. The first-order valence-electron chi connectivity index (χ1n) is 7.78. The normalized spacial score (nSPS) is 16.3. The van der Waals surface area contributed by atoms with E-state index in [2.05, 4.69) is 41.9 Å². The Balaban J connectivity index is 0.00000242. The molecule has 2 N–H and O–H groups in total. The van der Waals surface area contributed by atoms with Crippen LogP contribution in [0.2, 0.25) is 0 Å². The highest BCUT2D eigenvalue weighted by molar-refractivity contribution is 14.0. The Kier molecular flexibility index (Phi) is 8.00. The second kappa shape index (κ2) is 9.22. The van der Waals surface area contributed by atoms with Gasteiger partial charge < -0.3 is 15.4 Å². The molecule has 2 rings (SSSR count). The molecular formula is C17H28IN3O. The van der Waals surface area contributed by atoms with Crippen molar-refractivity contribution in [1.82, 2.24) is 4.90 Å². The molecule has 1 fully saturated rings. The van der Waals surface area contributed by atoms with Gasteiger partial charge in [-0.25, -0.2) is 0 Å². The van der Waals surface area contributed by atoms with E-state index < -0.39 is 0 Å². The number of guanidine groups is 1. The van der Waals surface area contributed by atoms with E-state index >= 15 is 0 Å². The summed E-state index contributed by atoms with van der Waals surface area (Å²) in [5, 5.41) is 0. The molecule has 1 aliphatic rings. The molecule has 1 aliphatic heterocycles. The van der Waals surface area contributed by atoms with E-state index in [1.54, 1.807) is 7.11 Å². The smallest absolute Gasteiger partial charge is 0.191 e. The molecule has 1 saturated heterocycles. The van der Waals surface area contributed by atoms with Gasteiger partial charge in [0.05, 0.1) is 7.11 Å². The maximum atomic E-state index is 6.09. The van der Waals surface area contributed by atoms with Crippen LogP contribution in [0, 0.1) is 12.8 Å². The van der Waals surface area contributed by atoms with Gasteiger partial charge in [0.2, 0.25) is 0 Å². The van der Waals surface area contributed by atoms with Crippen molar-refractivity contribution in [3.05, 3.63) is 29.3 Å². The van der Waals surface area contributed by atoms with Crippen molar-refractivity contribution in [2.24, 2.45) is 16.6 Å². The lowest BCUT2D eigenvalue weighted by molar-refractivity contribution is 0.277. The fraction of sp³-hybridized carbons (Fsp3) is 0.588. The Morgan fingerprint density at radius 1 is 1.36 bits per heavy atom. The predicted molar refractivity (Wildman–Crippen MR) is 103 cm³/mol. The van der Waals surface area contributed by atoms with E-state index in [9.17, 15) is 0 Å². The SMILES string of the molecule is COc1cc(CCN=C(N)N2CCC(C)CC2)ccc1C.I. The summed E-state index contributed by atoms with van der Waals surface area (Å²) in [4.78, 5) is 6.73. The van der Waals surface area contributed by atoms with Crippen LogP contribution in [0.15, 0.2) is 23.2 Å². The molecule has 124 valence electrons. The Morgan fingerprint density at radius 2 is 2.05 bits per heavy atom. The second-order valence-electron chi connectivity index (χ2n) is 5.96. The van der Waals surface area contributed by atoms with Gasteiger partial charge in [-0.2, -0.15) is 0 Å². The van der Waals surface area contributed by atoms with Gasteiger partial charge in [0, 0.05) is 19.6 Å².